The zero-order valence-corrected chi connectivity index (χ0v) is 19.2. The highest BCUT2D eigenvalue weighted by Gasteiger charge is 2.27. The first-order chi connectivity index (χ1) is 13.5. The minimum absolute atomic E-state index is 0.463. The van der Waals surface area contributed by atoms with Gasteiger partial charge in [0.15, 0.2) is 0 Å². The molecule has 0 amide bonds. The number of allylic oxidation sites excluding steroid dienone is 2. The van der Waals surface area contributed by atoms with Crippen LogP contribution in [0.3, 0.4) is 0 Å². The molecule has 2 nitrogen and oxygen atoms in total. The lowest BCUT2D eigenvalue weighted by Gasteiger charge is -2.35. The average Bonchev–Trinajstić information content (AvgIpc) is 2.69. The van der Waals surface area contributed by atoms with E-state index in [9.17, 15) is 4.79 Å². The van der Waals surface area contributed by atoms with Gasteiger partial charge in [0.2, 0.25) is 0 Å². The van der Waals surface area contributed by atoms with Gasteiger partial charge in [-0.05, 0) is 50.4 Å². The lowest BCUT2D eigenvalue weighted by molar-refractivity contribution is -0.132. The van der Waals surface area contributed by atoms with Gasteiger partial charge in [-0.1, -0.05) is 97.1 Å². The Bertz CT molecular complexity index is 400. The van der Waals surface area contributed by atoms with E-state index in [-0.39, 0.29) is 0 Å². The summed E-state index contributed by atoms with van der Waals surface area (Å²) in [4.78, 5) is 11.1. The molecule has 0 bridgehead atoms. The van der Waals surface area contributed by atoms with E-state index in [4.69, 9.17) is 5.11 Å². The monoisotopic (exact) mass is 392 g/mol. The van der Waals surface area contributed by atoms with Crippen molar-refractivity contribution in [1.82, 2.24) is 0 Å². The molecule has 0 spiro atoms. The van der Waals surface area contributed by atoms with Crippen molar-refractivity contribution in [2.24, 2.45) is 5.41 Å². The SMILES string of the molecule is C=CCC(=CCCCCCCCC(CCCC)(CCCC)CCCC)C(=O)O. The topological polar surface area (TPSA) is 37.3 Å². The van der Waals surface area contributed by atoms with Crippen molar-refractivity contribution in [1.29, 1.82) is 0 Å². The third-order valence-electron chi connectivity index (χ3n) is 6.12. The molecule has 0 atom stereocenters. The van der Waals surface area contributed by atoms with Crippen molar-refractivity contribution in [2.75, 3.05) is 0 Å². The van der Waals surface area contributed by atoms with Crippen LogP contribution in [0.4, 0.5) is 0 Å². The average molecular weight is 393 g/mol. The molecule has 0 fully saturated rings. The van der Waals surface area contributed by atoms with Crippen LogP contribution in [-0.4, -0.2) is 11.1 Å². The van der Waals surface area contributed by atoms with Crippen LogP contribution in [0.2, 0.25) is 0 Å². The van der Waals surface area contributed by atoms with E-state index in [1.165, 1.54) is 89.9 Å². The van der Waals surface area contributed by atoms with Crippen molar-refractivity contribution in [3.8, 4) is 0 Å². The molecule has 0 heterocycles. The zero-order valence-electron chi connectivity index (χ0n) is 19.2. The number of hydrogen-bond acceptors (Lipinski definition) is 1. The molecule has 0 rings (SSSR count). The Labute approximate surface area is 175 Å². The highest BCUT2D eigenvalue weighted by atomic mass is 16.4. The number of hydrogen-bond donors (Lipinski definition) is 1. The summed E-state index contributed by atoms with van der Waals surface area (Å²) >= 11 is 0. The van der Waals surface area contributed by atoms with Crippen LogP contribution >= 0.6 is 0 Å². The van der Waals surface area contributed by atoms with Crippen molar-refractivity contribution < 1.29 is 9.90 Å². The predicted octanol–water partition coefficient (Wildman–Crippen LogP) is 8.86. The molecule has 0 aliphatic heterocycles. The lowest BCUT2D eigenvalue weighted by atomic mass is 9.71. The first-order valence-corrected chi connectivity index (χ1v) is 12.1. The molecule has 0 aromatic carbocycles. The number of carboxylic acid groups (broad SMARTS) is 1. The quantitative estimate of drug-likeness (QED) is 0.128. The van der Waals surface area contributed by atoms with Gasteiger partial charge < -0.3 is 5.11 Å². The van der Waals surface area contributed by atoms with Crippen molar-refractivity contribution in [2.45, 2.75) is 130 Å². The van der Waals surface area contributed by atoms with Gasteiger partial charge in [-0.15, -0.1) is 6.58 Å². The maximum absolute atomic E-state index is 11.1. The third kappa shape index (κ3) is 13.2. The summed E-state index contributed by atoms with van der Waals surface area (Å²) in [5, 5.41) is 9.12. The molecule has 0 aliphatic carbocycles. The fraction of sp³-hybridized carbons (Fsp3) is 0.808. The highest BCUT2D eigenvalue weighted by Crippen LogP contribution is 2.41. The fourth-order valence-electron chi connectivity index (χ4n) is 4.27. The molecule has 0 radical (unpaired) electrons. The summed E-state index contributed by atoms with van der Waals surface area (Å²) in [7, 11) is 0. The molecular weight excluding hydrogens is 344 g/mol. The summed E-state index contributed by atoms with van der Waals surface area (Å²) in [6.45, 7) is 10.6. The molecule has 0 aliphatic rings. The first kappa shape index (κ1) is 27.0. The summed E-state index contributed by atoms with van der Waals surface area (Å²) in [6, 6.07) is 0. The molecule has 1 N–H and O–H groups in total. The van der Waals surface area contributed by atoms with E-state index in [0.29, 0.717) is 17.4 Å². The van der Waals surface area contributed by atoms with Crippen molar-refractivity contribution in [3.63, 3.8) is 0 Å². The van der Waals surface area contributed by atoms with Crippen LogP contribution < -0.4 is 0 Å². The molecular formula is C26H48O2. The largest absolute Gasteiger partial charge is 0.478 e. The fourth-order valence-corrected chi connectivity index (χ4v) is 4.27. The number of carboxylic acids is 1. The van der Waals surface area contributed by atoms with E-state index in [0.717, 1.165) is 12.8 Å². The van der Waals surface area contributed by atoms with E-state index >= 15 is 0 Å². The maximum Gasteiger partial charge on any atom is 0.331 e. The zero-order chi connectivity index (χ0) is 21.1. The highest BCUT2D eigenvalue weighted by molar-refractivity contribution is 5.86. The standard InChI is InChI=1S/C26H48O2/c1-5-9-20-26(21-10-6-2,22-11-7-3)23-17-15-13-12-14-16-19-24(18-8-4)25(27)28/h8,19H,4-7,9-18,20-23H2,1-3H3,(H,27,28). The van der Waals surface area contributed by atoms with Crippen molar-refractivity contribution in [3.05, 3.63) is 24.3 Å². The number of unbranched alkanes of at least 4 members (excludes halogenated alkanes) is 8. The molecule has 0 aromatic heterocycles. The van der Waals surface area contributed by atoms with Crippen LogP contribution in [-0.2, 0) is 4.79 Å². The Morgan fingerprint density at radius 3 is 1.71 bits per heavy atom. The number of rotatable bonds is 20. The van der Waals surface area contributed by atoms with Crippen LogP contribution in [0.5, 0.6) is 0 Å². The smallest absolute Gasteiger partial charge is 0.331 e. The Morgan fingerprint density at radius 1 is 0.786 bits per heavy atom. The molecule has 2 heteroatoms. The van der Waals surface area contributed by atoms with Crippen molar-refractivity contribution >= 4 is 5.97 Å². The molecule has 164 valence electrons. The van der Waals surface area contributed by atoms with E-state index in [1.54, 1.807) is 6.08 Å². The second-order valence-electron chi connectivity index (χ2n) is 8.64. The van der Waals surface area contributed by atoms with Gasteiger partial charge in [-0.3, -0.25) is 0 Å². The minimum atomic E-state index is -0.803. The van der Waals surface area contributed by atoms with Crippen LogP contribution in [0.1, 0.15) is 130 Å². The Kier molecular flexibility index (Phi) is 17.3. The van der Waals surface area contributed by atoms with Gasteiger partial charge in [-0.2, -0.15) is 0 Å². The molecule has 0 unspecified atom stereocenters. The predicted molar refractivity (Wildman–Crippen MR) is 124 cm³/mol. The Morgan fingerprint density at radius 2 is 1.25 bits per heavy atom. The van der Waals surface area contributed by atoms with Gasteiger partial charge in [0.1, 0.15) is 0 Å². The summed E-state index contributed by atoms with van der Waals surface area (Å²) in [5.74, 6) is -0.803. The Balaban J connectivity index is 4.27. The first-order valence-electron chi connectivity index (χ1n) is 12.1. The van der Waals surface area contributed by atoms with Gasteiger partial charge >= 0.3 is 5.97 Å². The van der Waals surface area contributed by atoms with Crippen LogP contribution in [0.25, 0.3) is 0 Å². The maximum atomic E-state index is 11.1. The summed E-state index contributed by atoms with van der Waals surface area (Å²) < 4.78 is 0. The lowest BCUT2D eigenvalue weighted by Crippen LogP contribution is -2.21. The second kappa shape index (κ2) is 18.0. The molecule has 0 saturated carbocycles. The minimum Gasteiger partial charge on any atom is -0.478 e. The summed E-state index contributed by atoms with van der Waals surface area (Å²) in [6.07, 6.45) is 25.0. The Hall–Kier alpha value is -1.05. The van der Waals surface area contributed by atoms with E-state index < -0.39 is 5.97 Å². The number of aliphatic carboxylic acids is 1. The van der Waals surface area contributed by atoms with E-state index in [1.807, 2.05) is 6.08 Å². The normalized spacial score (nSPS) is 12.3. The van der Waals surface area contributed by atoms with Crippen LogP contribution in [0.15, 0.2) is 24.3 Å². The van der Waals surface area contributed by atoms with Gasteiger partial charge in [-0.25, -0.2) is 4.79 Å². The van der Waals surface area contributed by atoms with E-state index in [2.05, 4.69) is 27.4 Å². The summed E-state index contributed by atoms with van der Waals surface area (Å²) in [5.41, 5.74) is 1.09. The van der Waals surface area contributed by atoms with Gasteiger partial charge in [0.25, 0.3) is 0 Å². The second-order valence-corrected chi connectivity index (χ2v) is 8.64. The third-order valence-corrected chi connectivity index (χ3v) is 6.12. The van der Waals surface area contributed by atoms with Crippen LogP contribution in [0, 0.1) is 5.41 Å². The number of carbonyl (C=O) groups is 1. The molecule has 0 saturated heterocycles. The molecule has 0 aromatic rings. The van der Waals surface area contributed by atoms with Gasteiger partial charge in [0.05, 0.1) is 0 Å². The van der Waals surface area contributed by atoms with Gasteiger partial charge in [0, 0.05) is 5.57 Å². The molecule has 28 heavy (non-hydrogen) atoms.